The van der Waals surface area contributed by atoms with Gasteiger partial charge in [-0.2, -0.15) is 0 Å². The summed E-state index contributed by atoms with van der Waals surface area (Å²) in [4.78, 5) is 15.4. The number of aliphatic hydroxyl groups excluding tert-OH is 1. The van der Waals surface area contributed by atoms with Gasteiger partial charge in [0.1, 0.15) is 0 Å². The monoisotopic (exact) mass is 315 g/mol. The topological polar surface area (TPSA) is 49.8 Å². The van der Waals surface area contributed by atoms with Crippen molar-refractivity contribution in [1.82, 2.24) is 4.90 Å². The van der Waals surface area contributed by atoms with Gasteiger partial charge < -0.3 is 14.7 Å². The van der Waals surface area contributed by atoms with Crippen molar-refractivity contribution in [2.75, 3.05) is 13.7 Å². The lowest BCUT2D eigenvalue weighted by Gasteiger charge is -2.43. The van der Waals surface area contributed by atoms with Crippen molar-refractivity contribution in [3.8, 4) is 0 Å². The maximum Gasteiger partial charge on any atom is 0.233 e. The highest BCUT2D eigenvalue weighted by atomic mass is 16.5. The van der Waals surface area contributed by atoms with E-state index in [1.165, 1.54) is 0 Å². The first-order valence-corrected chi connectivity index (χ1v) is 8.71. The Morgan fingerprint density at radius 2 is 1.96 bits per heavy atom. The Bertz CT molecular complexity index is 598. The molecule has 4 heteroatoms. The van der Waals surface area contributed by atoms with Gasteiger partial charge in [0.2, 0.25) is 5.91 Å². The Morgan fingerprint density at radius 3 is 2.61 bits per heavy atom. The van der Waals surface area contributed by atoms with Gasteiger partial charge in [-0.15, -0.1) is 0 Å². The third kappa shape index (κ3) is 2.23. The lowest BCUT2D eigenvalue weighted by Crippen LogP contribution is -2.54. The van der Waals surface area contributed by atoms with Crippen LogP contribution >= 0.6 is 0 Å². The normalized spacial score (nSPS) is 35.0. The average molecular weight is 315 g/mol. The van der Waals surface area contributed by atoms with E-state index in [9.17, 15) is 9.90 Å². The van der Waals surface area contributed by atoms with Crippen molar-refractivity contribution in [2.24, 2.45) is 0 Å². The minimum atomic E-state index is -0.326. The summed E-state index contributed by atoms with van der Waals surface area (Å²) in [7, 11) is 1.75. The SMILES string of the molecule is CO[C@@]12CC[C@@H](O)C[C@@H]1N(C(=O)C1(c3ccccc3)CC1)CC2. The van der Waals surface area contributed by atoms with Crippen LogP contribution in [0.25, 0.3) is 0 Å². The molecule has 23 heavy (non-hydrogen) atoms. The minimum Gasteiger partial charge on any atom is -0.393 e. The van der Waals surface area contributed by atoms with E-state index < -0.39 is 0 Å². The maximum absolute atomic E-state index is 13.3. The highest BCUT2D eigenvalue weighted by Gasteiger charge is 2.59. The van der Waals surface area contributed by atoms with E-state index in [0.717, 1.165) is 44.2 Å². The summed E-state index contributed by atoms with van der Waals surface area (Å²) in [6.07, 6.45) is 4.70. The first-order valence-electron chi connectivity index (χ1n) is 8.71. The lowest BCUT2D eigenvalue weighted by molar-refractivity contribution is -0.142. The summed E-state index contributed by atoms with van der Waals surface area (Å²) < 4.78 is 5.87. The molecular formula is C19H25NO3. The highest BCUT2D eigenvalue weighted by molar-refractivity contribution is 5.92. The molecule has 3 fully saturated rings. The molecule has 2 aliphatic carbocycles. The van der Waals surface area contributed by atoms with E-state index in [-0.39, 0.29) is 29.1 Å². The number of hydrogen-bond donors (Lipinski definition) is 1. The van der Waals surface area contributed by atoms with Gasteiger partial charge in [0.15, 0.2) is 0 Å². The first-order chi connectivity index (χ1) is 11.1. The lowest BCUT2D eigenvalue weighted by atomic mass is 9.79. The Kier molecular flexibility index (Phi) is 3.50. The number of amides is 1. The van der Waals surface area contributed by atoms with E-state index in [4.69, 9.17) is 4.74 Å². The fraction of sp³-hybridized carbons (Fsp3) is 0.632. The molecule has 3 aliphatic rings. The zero-order chi connectivity index (χ0) is 16.1. The number of likely N-dealkylation sites (tertiary alicyclic amines) is 1. The third-order valence-electron chi connectivity index (χ3n) is 6.31. The second-order valence-corrected chi connectivity index (χ2v) is 7.41. The van der Waals surface area contributed by atoms with Gasteiger partial charge in [0, 0.05) is 13.7 Å². The number of ether oxygens (including phenoxy) is 1. The van der Waals surface area contributed by atoms with Gasteiger partial charge in [-0.25, -0.2) is 0 Å². The third-order valence-corrected chi connectivity index (χ3v) is 6.31. The number of aliphatic hydroxyl groups is 1. The fourth-order valence-electron chi connectivity index (χ4n) is 4.70. The standard InChI is InChI=1S/C19H25NO3/c1-23-19-8-7-15(21)13-16(19)20(12-11-19)17(22)18(9-10-18)14-5-3-2-4-6-14/h2-6,15-16,21H,7-13H2,1H3/t15-,16+,19-/m1/s1. The predicted octanol–water partition coefficient (Wildman–Crippen LogP) is 2.25. The largest absolute Gasteiger partial charge is 0.393 e. The van der Waals surface area contributed by atoms with Crippen molar-refractivity contribution < 1.29 is 14.6 Å². The van der Waals surface area contributed by atoms with Gasteiger partial charge >= 0.3 is 0 Å². The van der Waals surface area contributed by atoms with Gasteiger partial charge in [0.05, 0.1) is 23.2 Å². The summed E-state index contributed by atoms with van der Waals surface area (Å²) in [5.74, 6) is 0.238. The number of benzene rings is 1. The molecule has 0 bridgehead atoms. The molecule has 3 atom stereocenters. The van der Waals surface area contributed by atoms with Gasteiger partial charge in [-0.05, 0) is 44.1 Å². The molecule has 0 aromatic heterocycles. The van der Waals surface area contributed by atoms with Crippen molar-refractivity contribution in [3.05, 3.63) is 35.9 Å². The number of nitrogens with zero attached hydrogens (tertiary/aromatic N) is 1. The van der Waals surface area contributed by atoms with E-state index in [1.54, 1.807) is 7.11 Å². The molecule has 0 unspecified atom stereocenters. The van der Waals surface area contributed by atoms with Crippen LogP contribution in [0.3, 0.4) is 0 Å². The number of fused-ring (bicyclic) bond motifs is 1. The maximum atomic E-state index is 13.3. The molecule has 1 heterocycles. The first kappa shape index (κ1) is 15.2. The van der Waals surface area contributed by atoms with E-state index in [0.29, 0.717) is 6.42 Å². The number of carbonyl (C=O) groups is 1. The second kappa shape index (κ2) is 5.32. The molecular weight excluding hydrogens is 290 g/mol. The Balaban J connectivity index is 1.62. The number of hydrogen-bond acceptors (Lipinski definition) is 3. The minimum absolute atomic E-state index is 0.0185. The number of carbonyl (C=O) groups excluding carboxylic acids is 1. The molecule has 4 nitrogen and oxygen atoms in total. The number of methoxy groups -OCH3 is 1. The van der Waals surface area contributed by atoms with Crippen molar-refractivity contribution in [2.45, 2.75) is 61.7 Å². The Labute approximate surface area is 137 Å². The van der Waals surface area contributed by atoms with Gasteiger partial charge in [-0.1, -0.05) is 30.3 Å². The van der Waals surface area contributed by atoms with Crippen LogP contribution in [0.1, 0.15) is 44.1 Å². The van der Waals surface area contributed by atoms with E-state index in [2.05, 4.69) is 12.1 Å². The van der Waals surface area contributed by atoms with Gasteiger partial charge in [-0.3, -0.25) is 4.79 Å². The van der Waals surface area contributed by atoms with E-state index >= 15 is 0 Å². The van der Waals surface area contributed by atoms with Crippen LogP contribution in [-0.2, 0) is 14.9 Å². The quantitative estimate of drug-likeness (QED) is 0.931. The fourth-order valence-corrected chi connectivity index (χ4v) is 4.70. The molecule has 0 radical (unpaired) electrons. The van der Waals surface area contributed by atoms with Crippen LogP contribution in [0.4, 0.5) is 0 Å². The summed E-state index contributed by atoms with van der Waals surface area (Å²) in [6, 6.07) is 10.2. The Morgan fingerprint density at radius 1 is 1.22 bits per heavy atom. The smallest absolute Gasteiger partial charge is 0.233 e. The molecule has 1 aromatic carbocycles. The molecule has 1 aromatic rings. The van der Waals surface area contributed by atoms with Crippen LogP contribution in [0, 0.1) is 0 Å². The molecule has 1 saturated heterocycles. The van der Waals surface area contributed by atoms with Crippen LogP contribution < -0.4 is 0 Å². The predicted molar refractivity (Wildman–Crippen MR) is 87.1 cm³/mol. The summed E-state index contributed by atoms with van der Waals surface area (Å²) in [5.41, 5.74) is 0.561. The molecule has 2 saturated carbocycles. The van der Waals surface area contributed by atoms with Crippen LogP contribution in [-0.4, -0.2) is 47.3 Å². The van der Waals surface area contributed by atoms with Crippen molar-refractivity contribution >= 4 is 5.91 Å². The molecule has 0 spiro atoms. The zero-order valence-corrected chi connectivity index (χ0v) is 13.7. The van der Waals surface area contributed by atoms with Crippen LogP contribution in [0.5, 0.6) is 0 Å². The van der Waals surface area contributed by atoms with Crippen molar-refractivity contribution in [1.29, 1.82) is 0 Å². The van der Waals surface area contributed by atoms with Crippen LogP contribution in [0.2, 0.25) is 0 Å². The Hall–Kier alpha value is -1.39. The molecule has 124 valence electrons. The van der Waals surface area contributed by atoms with Crippen LogP contribution in [0.15, 0.2) is 30.3 Å². The highest BCUT2D eigenvalue weighted by Crippen LogP contribution is 2.52. The summed E-state index contributed by atoms with van der Waals surface area (Å²) in [6.45, 7) is 0.749. The van der Waals surface area contributed by atoms with Gasteiger partial charge in [0.25, 0.3) is 0 Å². The number of rotatable bonds is 3. The van der Waals surface area contributed by atoms with E-state index in [1.807, 2.05) is 23.1 Å². The average Bonchev–Trinajstić information content (AvgIpc) is 3.32. The second-order valence-electron chi connectivity index (χ2n) is 7.41. The molecule has 1 aliphatic heterocycles. The zero-order valence-electron chi connectivity index (χ0n) is 13.7. The molecule has 4 rings (SSSR count). The summed E-state index contributed by atoms with van der Waals surface area (Å²) >= 11 is 0. The van der Waals surface area contributed by atoms with Crippen molar-refractivity contribution in [3.63, 3.8) is 0 Å². The molecule has 1 N–H and O–H groups in total. The molecule has 1 amide bonds. The summed E-state index contributed by atoms with van der Waals surface area (Å²) in [5, 5.41) is 10.1.